The quantitative estimate of drug-likeness (QED) is 0.207. The summed E-state index contributed by atoms with van der Waals surface area (Å²) in [5.41, 5.74) is 0. The first kappa shape index (κ1) is 26.4. The van der Waals surface area contributed by atoms with Crippen LogP contribution in [0.5, 0.6) is 0 Å². The highest BCUT2D eigenvalue weighted by Crippen LogP contribution is 2.18. The van der Waals surface area contributed by atoms with Crippen LogP contribution in [0.4, 0.5) is 0 Å². The normalized spacial score (nSPS) is 16.7. The second-order valence-electron chi connectivity index (χ2n) is 7.54. The third-order valence-electron chi connectivity index (χ3n) is 5.22. The van der Waals surface area contributed by atoms with Crippen molar-refractivity contribution in [1.29, 1.82) is 0 Å². The predicted molar refractivity (Wildman–Crippen MR) is 128 cm³/mol. The summed E-state index contributed by atoms with van der Waals surface area (Å²) in [6, 6.07) is 0.409. The van der Waals surface area contributed by atoms with E-state index in [2.05, 4.69) is 54.2 Å². The zero-order valence-corrected chi connectivity index (χ0v) is 20.2. The molecule has 1 unspecified atom stereocenters. The number of nitrogens with zero attached hydrogens (tertiary/aromatic N) is 3. The zero-order chi connectivity index (χ0) is 19.4. The number of hydrogen-bond acceptors (Lipinski definition) is 3. The third kappa shape index (κ3) is 9.94. The Kier molecular flexibility index (Phi) is 15.0. The molecule has 158 valence electrons. The Morgan fingerprint density at radius 1 is 1.22 bits per heavy atom. The van der Waals surface area contributed by atoms with Gasteiger partial charge in [0.05, 0.1) is 0 Å². The van der Waals surface area contributed by atoms with Crippen molar-refractivity contribution in [3.05, 3.63) is 25.3 Å². The molecule has 1 rings (SSSR count). The number of rotatable bonds is 11. The van der Waals surface area contributed by atoms with Crippen molar-refractivity contribution in [1.82, 2.24) is 15.1 Å². The van der Waals surface area contributed by atoms with Crippen molar-refractivity contribution in [2.75, 3.05) is 53.5 Å². The molecule has 1 fully saturated rings. The molecule has 0 aromatic heterocycles. The van der Waals surface area contributed by atoms with Crippen LogP contribution < -0.4 is 5.32 Å². The van der Waals surface area contributed by atoms with Gasteiger partial charge in [-0.3, -0.25) is 9.89 Å². The first-order valence-electron chi connectivity index (χ1n) is 9.98. The van der Waals surface area contributed by atoms with E-state index in [9.17, 15) is 0 Å². The molecule has 0 spiro atoms. The van der Waals surface area contributed by atoms with Crippen molar-refractivity contribution in [3.8, 4) is 0 Å². The van der Waals surface area contributed by atoms with E-state index in [-0.39, 0.29) is 24.0 Å². The summed E-state index contributed by atoms with van der Waals surface area (Å²) in [6.45, 7) is 17.8. The standard InChI is InChI=1S/C21H40N4O.HI/c1-7-12-25(13-8-2)20(18(3)4)17-23-21(22-5)24(6)14-9-19-10-15-26-16-11-19;/h7-8,18-20H,1-2,9-17H2,3-6H3,(H,22,23);1H. The minimum Gasteiger partial charge on any atom is -0.381 e. The van der Waals surface area contributed by atoms with Crippen LogP contribution in [0.25, 0.3) is 0 Å². The SMILES string of the molecule is C=CCN(CC=C)C(CNC(=NC)N(C)CCC1CCOCC1)C(C)C.I. The lowest BCUT2D eigenvalue weighted by molar-refractivity contribution is 0.0625. The smallest absolute Gasteiger partial charge is 0.193 e. The van der Waals surface area contributed by atoms with Gasteiger partial charge in [-0.1, -0.05) is 26.0 Å². The Labute approximate surface area is 184 Å². The Bertz CT molecular complexity index is 426. The highest BCUT2D eigenvalue weighted by molar-refractivity contribution is 14.0. The van der Waals surface area contributed by atoms with Crippen LogP contribution in [-0.4, -0.2) is 75.3 Å². The van der Waals surface area contributed by atoms with Crippen molar-refractivity contribution < 1.29 is 4.74 Å². The number of hydrogen-bond donors (Lipinski definition) is 1. The third-order valence-corrected chi connectivity index (χ3v) is 5.22. The van der Waals surface area contributed by atoms with Crippen molar-refractivity contribution in [3.63, 3.8) is 0 Å². The van der Waals surface area contributed by atoms with Crippen molar-refractivity contribution in [2.24, 2.45) is 16.8 Å². The molecule has 1 heterocycles. The maximum Gasteiger partial charge on any atom is 0.193 e. The highest BCUT2D eigenvalue weighted by Gasteiger charge is 2.21. The fourth-order valence-electron chi connectivity index (χ4n) is 3.56. The minimum absolute atomic E-state index is 0. The van der Waals surface area contributed by atoms with E-state index in [1.165, 1.54) is 19.3 Å². The second-order valence-corrected chi connectivity index (χ2v) is 7.54. The summed E-state index contributed by atoms with van der Waals surface area (Å²) in [4.78, 5) is 9.14. The molecule has 1 saturated heterocycles. The van der Waals surface area contributed by atoms with E-state index in [0.717, 1.165) is 51.3 Å². The van der Waals surface area contributed by atoms with Crippen LogP contribution >= 0.6 is 24.0 Å². The van der Waals surface area contributed by atoms with E-state index in [4.69, 9.17) is 4.74 Å². The molecule has 0 bridgehead atoms. The molecule has 0 amide bonds. The van der Waals surface area contributed by atoms with Gasteiger partial charge in [-0.25, -0.2) is 0 Å². The first-order valence-corrected chi connectivity index (χ1v) is 9.98. The van der Waals surface area contributed by atoms with Crippen LogP contribution in [0.2, 0.25) is 0 Å². The maximum absolute atomic E-state index is 5.46. The van der Waals surface area contributed by atoms with Crippen molar-refractivity contribution in [2.45, 2.75) is 39.2 Å². The largest absolute Gasteiger partial charge is 0.381 e. The molecule has 0 aliphatic carbocycles. The summed E-state index contributed by atoms with van der Waals surface area (Å²) in [6.07, 6.45) is 7.51. The molecule has 1 N–H and O–H groups in total. The van der Waals surface area contributed by atoms with E-state index in [0.29, 0.717) is 12.0 Å². The molecule has 1 aliphatic rings. The van der Waals surface area contributed by atoms with Gasteiger partial charge in [0, 0.05) is 59.5 Å². The van der Waals surface area contributed by atoms with Crippen LogP contribution in [-0.2, 0) is 4.74 Å². The number of aliphatic imine (C=N–C) groups is 1. The molecule has 0 radical (unpaired) electrons. The lowest BCUT2D eigenvalue weighted by Crippen LogP contribution is -2.50. The summed E-state index contributed by atoms with van der Waals surface area (Å²) in [5, 5.41) is 3.58. The molecule has 1 aliphatic heterocycles. The molecule has 0 aromatic carbocycles. The molecule has 6 heteroatoms. The number of ether oxygens (including phenoxy) is 1. The van der Waals surface area contributed by atoms with Crippen molar-refractivity contribution >= 4 is 29.9 Å². The van der Waals surface area contributed by atoms with Gasteiger partial charge in [-0.05, 0) is 31.1 Å². The Hall–Kier alpha value is -0.600. The zero-order valence-electron chi connectivity index (χ0n) is 17.8. The summed E-state index contributed by atoms with van der Waals surface area (Å²) >= 11 is 0. The second kappa shape index (κ2) is 15.3. The topological polar surface area (TPSA) is 40.1 Å². The fourth-order valence-corrected chi connectivity index (χ4v) is 3.56. The van der Waals surface area contributed by atoms with E-state index < -0.39 is 0 Å². The van der Waals surface area contributed by atoms with Gasteiger partial charge in [-0.2, -0.15) is 0 Å². The van der Waals surface area contributed by atoms with Crippen LogP contribution in [0, 0.1) is 11.8 Å². The lowest BCUT2D eigenvalue weighted by atomic mass is 9.96. The number of guanidine groups is 1. The average molecular weight is 492 g/mol. The molecule has 5 nitrogen and oxygen atoms in total. The molecular weight excluding hydrogens is 451 g/mol. The van der Waals surface area contributed by atoms with Gasteiger partial charge in [0.1, 0.15) is 0 Å². The van der Waals surface area contributed by atoms with Gasteiger partial charge < -0.3 is 15.0 Å². The number of halogens is 1. The van der Waals surface area contributed by atoms with E-state index in [1.54, 1.807) is 0 Å². The number of nitrogens with one attached hydrogen (secondary N) is 1. The molecule has 1 atom stereocenters. The van der Waals surface area contributed by atoms with Crippen LogP contribution in [0.3, 0.4) is 0 Å². The van der Waals surface area contributed by atoms with Crippen LogP contribution in [0.15, 0.2) is 30.3 Å². The van der Waals surface area contributed by atoms with Gasteiger partial charge >= 0.3 is 0 Å². The van der Waals surface area contributed by atoms with Gasteiger partial charge in [0.25, 0.3) is 0 Å². The molecule has 0 aromatic rings. The maximum atomic E-state index is 5.46. The molecule has 27 heavy (non-hydrogen) atoms. The Morgan fingerprint density at radius 2 is 1.81 bits per heavy atom. The predicted octanol–water partition coefficient (Wildman–Crippen LogP) is 3.63. The van der Waals surface area contributed by atoms with Gasteiger partial charge in [-0.15, -0.1) is 37.1 Å². The Balaban J connectivity index is 0.00000676. The van der Waals surface area contributed by atoms with Crippen LogP contribution in [0.1, 0.15) is 33.1 Å². The van der Waals surface area contributed by atoms with Gasteiger partial charge in [0.15, 0.2) is 5.96 Å². The Morgan fingerprint density at radius 3 is 2.30 bits per heavy atom. The minimum atomic E-state index is 0. The molecular formula is C21H41IN4O. The lowest BCUT2D eigenvalue weighted by Gasteiger charge is -2.34. The van der Waals surface area contributed by atoms with E-state index >= 15 is 0 Å². The molecule has 0 saturated carbocycles. The summed E-state index contributed by atoms with van der Waals surface area (Å²) in [5.74, 6) is 2.29. The summed E-state index contributed by atoms with van der Waals surface area (Å²) in [7, 11) is 3.99. The van der Waals surface area contributed by atoms with Gasteiger partial charge in [0.2, 0.25) is 0 Å². The first-order chi connectivity index (χ1) is 12.5. The van der Waals surface area contributed by atoms with E-state index in [1.807, 2.05) is 19.2 Å². The monoisotopic (exact) mass is 492 g/mol. The fraction of sp³-hybridized carbons (Fsp3) is 0.762. The highest BCUT2D eigenvalue weighted by atomic mass is 127. The summed E-state index contributed by atoms with van der Waals surface area (Å²) < 4.78 is 5.46. The average Bonchev–Trinajstić information content (AvgIpc) is 2.64.